The second kappa shape index (κ2) is 6.43. The van der Waals surface area contributed by atoms with E-state index in [9.17, 15) is 18.0 Å². The Morgan fingerprint density at radius 3 is 2.73 bits per heavy atom. The molecular weight excluding hydrogens is 315 g/mol. The first-order valence-corrected chi connectivity index (χ1v) is 7.38. The van der Waals surface area contributed by atoms with Crippen LogP contribution in [0, 0.1) is 6.92 Å². The van der Waals surface area contributed by atoms with Crippen LogP contribution in [-0.4, -0.2) is 22.1 Å². The van der Waals surface area contributed by atoms with Crippen LogP contribution >= 0.6 is 11.3 Å². The summed E-state index contributed by atoms with van der Waals surface area (Å²) < 4.78 is 39.6. The van der Waals surface area contributed by atoms with Crippen molar-refractivity contribution in [1.29, 1.82) is 0 Å². The van der Waals surface area contributed by atoms with E-state index in [0.29, 0.717) is 17.1 Å². The van der Waals surface area contributed by atoms with Crippen LogP contribution < -0.4 is 5.32 Å². The Bertz CT molecular complexity index is 655. The zero-order valence-electron chi connectivity index (χ0n) is 11.9. The molecule has 2 rings (SSSR count). The maximum Gasteiger partial charge on any atom is 0.412 e. The van der Waals surface area contributed by atoms with Crippen molar-refractivity contribution in [3.05, 3.63) is 45.7 Å². The Kier molecular flexibility index (Phi) is 4.80. The summed E-state index contributed by atoms with van der Waals surface area (Å²) in [7, 11) is 0. The molecule has 0 aliphatic carbocycles. The predicted octanol–water partition coefficient (Wildman–Crippen LogP) is 3.44. The van der Waals surface area contributed by atoms with Crippen LogP contribution in [-0.2, 0) is 6.42 Å². The average Bonchev–Trinajstić information content (AvgIpc) is 2.85. The van der Waals surface area contributed by atoms with Gasteiger partial charge in [-0.1, -0.05) is 13.0 Å². The topological polar surface area (TPSA) is 54.9 Å². The number of thiazole rings is 1. The quantitative estimate of drug-likeness (QED) is 0.935. The van der Waals surface area contributed by atoms with E-state index < -0.39 is 18.1 Å². The molecule has 2 heterocycles. The third-order valence-electron chi connectivity index (χ3n) is 2.97. The van der Waals surface area contributed by atoms with Crippen molar-refractivity contribution < 1.29 is 18.0 Å². The Morgan fingerprint density at radius 1 is 1.45 bits per heavy atom. The molecule has 1 N–H and O–H groups in total. The van der Waals surface area contributed by atoms with Gasteiger partial charge in [-0.05, 0) is 19.4 Å². The van der Waals surface area contributed by atoms with Gasteiger partial charge in [-0.2, -0.15) is 13.2 Å². The van der Waals surface area contributed by atoms with Crippen molar-refractivity contribution in [2.45, 2.75) is 32.5 Å². The Balaban J connectivity index is 2.30. The van der Waals surface area contributed by atoms with Crippen LogP contribution in [0.5, 0.6) is 0 Å². The van der Waals surface area contributed by atoms with Crippen molar-refractivity contribution in [3.63, 3.8) is 0 Å². The van der Waals surface area contributed by atoms with Crippen LogP contribution in [0.15, 0.2) is 24.5 Å². The monoisotopic (exact) mass is 329 g/mol. The highest BCUT2D eigenvalue weighted by Gasteiger charge is 2.42. The summed E-state index contributed by atoms with van der Waals surface area (Å²) in [6, 6.07) is 0.583. The number of pyridine rings is 1. The van der Waals surface area contributed by atoms with E-state index in [1.807, 2.05) is 5.32 Å². The minimum Gasteiger partial charge on any atom is -0.336 e. The van der Waals surface area contributed by atoms with E-state index in [4.69, 9.17) is 0 Å². The number of aromatic nitrogens is 2. The van der Waals surface area contributed by atoms with Crippen molar-refractivity contribution in [3.8, 4) is 0 Å². The molecule has 8 heteroatoms. The summed E-state index contributed by atoms with van der Waals surface area (Å²) in [5.74, 6) is -0.770. The molecule has 0 spiro atoms. The van der Waals surface area contributed by atoms with Gasteiger partial charge in [0, 0.05) is 18.0 Å². The molecule has 0 saturated carbocycles. The fourth-order valence-corrected chi connectivity index (χ4v) is 2.90. The van der Waals surface area contributed by atoms with Gasteiger partial charge in [-0.25, -0.2) is 4.98 Å². The Morgan fingerprint density at radius 2 is 2.18 bits per heavy atom. The van der Waals surface area contributed by atoms with E-state index >= 15 is 0 Å². The molecule has 118 valence electrons. The lowest BCUT2D eigenvalue weighted by molar-refractivity contribution is -0.155. The molecule has 22 heavy (non-hydrogen) atoms. The minimum absolute atomic E-state index is 0.109. The molecule has 1 amide bonds. The summed E-state index contributed by atoms with van der Waals surface area (Å²) in [6.07, 6.45) is -1.65. The number of carbonyl (C=O) groups is 1. The number of nitrogens with zero attached hydrogens (tertiary/aromatic N) is 2. The highest BCUT2D eigenvalue weighted by molar-refractivity contribution is 7.13. The van der Waals surface area contributed by atoms with E-state index in [1.54, 1.807) is 13.8 Å². The van der Waals surface area contributed by atoms with Crippen LogP contribution in [0.1, 0.15) is 38.9 Å². The first kappa shape index (κ1) is 16.4. The number of rotatable bonds is 4. The Hall–Kier alpha value is -1.96. The SMILES string of the molecule is CCc1nc(C)sc1C(=O)N[C@@H](c1cccnc1)C(F)(F)F. The van der Waals surface area contributed by atoms with Gasteiger partial charge in [0.1, 0.15) is 4.88 Å². The molecule has 0 unspecified atom stereocenters. The van der Waals surface area contributed by atoms with Crippen LogP contribution in [0.3, 0.4) is 0 Å². The fourth-order valence-electron chi connectivity index (χ4n) is 1.98. The van der Waals surface area contributed by atoms with E-state index in [-0.39, 0.29) is 10.4 Å². The molecule has 0 aliphatic heterocycles. The zero-order valence-corrected chi connectivity index (χ0v) is 12.8. The van der Waals surface area contributed by atoms with Crippen LogP contribution in [0.2, 0.25) is 0 Å². The van der Waals surface area contributed by atoms with Crippen molar-refractivity contribution in [2.24, 2.45) is 0 Å². The van der Waals surface area contributed by atoms with Gasteiger partial charge in [0.2, 0.25) is 0 Å². The van der Waals surface area contributed by atoms with Gasteiger partial charge in [-0.3, -0.25) is 9.78 Å². The van der Waals surface area contributed by atoms with E-state index in [2.05, 4.69) is 9.97 Å². The zero-order chi connectivity index (χ0) is 16.3. The van der Waals surface area contributed by atoms with Crippen LogP contribution in [0.25, 0.3) is 0 Å². The second-order valence-corrected chi connectivity index (χ2v) is 5.80. The maximum atomic E-state index is 13.2. The van der Waals surface area contributed by atoms with Crippen LogP contribution in [0.4, 0.5) is 13.2 Å². The molecule has 0 aliphatic rings. The molecule has 0 saturated heterocycles. The smallest absolute Gasteiger partial charge is 0.336 e. The molecule has 4 nitrogen and oxygen atoms in total. The predicted molar refractivity (Wildman–Crippen MR) is 76.7 cm³/mol. The molecule has 2 aromatic heterocycles. The lowest BCUT2D eigenvalue weighted by Gasteiger charge is -2.21. The summed E-state index contributed by atoms with van der Waals surface area (Å²) in [6.45, 7) is 3.51. The number of carbonyl (C=O) groups excluding carboxylic acids is 1. The van der Waals surface area contributed by atoms with Gasteiger partial charge in [0.15, 0.2) is 6.04 Å². The summed E-state index contributed by atoms with van der Waals surface area (Å²) in [5, 5.41) is 2.69. The number of alkyl halides is 3. The normalized spacial score (nSPS) is 13.0. The first-order valence-electron chi connectivity index (χ1n) is 6.56. The molecule has 0 bridgehead atoms. The lowest BCUT2D eigenvalue weighted by atomic mass is 10.1. The minimum atomic E-state index is -4.61. The number of hydrogen-bond acceptors (Lipinski definition) is 4. The molecule has 0 aromatic carbocycles. The number of amides is 1. The third-order valence-corrected chi connectivity index (χ3v) is 3.98. The van der Waals surface area contributed by atoms with Gasteiger partial charge in [0.05, 0.1) is 10.7 Å². The van der Waals surface area contributed by atoms with E-state index in [1.165, 1.54) is 18.3 Å². The van der Waals surface area contributed by atoms with E-state index in [0.717, 1.165) is 17.5 Å². The second-order valence-electron chi connectivity index (χ2n) is 4.60. The summed E-state index contributed by atoms with van der Waals surface area (Å²) >= 11 is 1.09. The molecule has 0 radical (unpaired) electrons. The lowest BCUT2D eigenvalue weighted by Crippen LogP contribution is -2.38. The fraction of sp³-hybridized carbons (Fsp3) is 0.357. The number of halogens is 3. The largest absolute Gasteiger partial charge is 0.412 e. The van der Waals surface area contributed by atoms with Gasteiger partial charge >= 0.3 is 6.18 Å². The molecule has 1 atom stereocenters. The Labute approximate surface area is 129 Å². The first-order chi connectivity index (χ1) is 10.3. The van der Waals surface area contributed by atoms with Gasteiger partial charge in [-0.15, -0.1) is 11.3 Å². The van der Waals surface area contributed by atoms with Crippen molar-refractivity contribution in [2.75, 3.05) is 0 Å². The van der Waals surface area contributed by atoms with Crippen molar-refractivity contribution in [1.82, 2.24) is 15.3 Å². The standard InChI is InChI=1S/C14H14F3N3OS/c1-3-10-11(22-8(2)19-10)13(21)20-12(14(15,16)17)9-5-4-6-18-7-9/h4-7,12H,3H2,1-2H3,(H,20,21)/t12-/m0/s1. The average molecular weight is 329 g/mol. The highest BCUT2D eigenvalue weighted by Crippen LogP contribution is 2.33. The third kappa shape index (κ3) is 3.62. The molecule has 2 aromatic rings. The highest BCUT2D eigenvalue weighted by atomic mass is 32.1. The van der Waals surface area contributed by atoms with Gasteiger partial charge in [0.25, 0.3) is 5.91 Å². The number of hydrogen-bond donors (Lipinski definition) is 1. The van der Waals surface area contributed by atoms with Gasteiger partial charge < -0.3 is 5.32 Å². The maximum absolute atomic E-state index is 13.2. The molecular formula is C14H14F3N3OS. The summed E-state index contributed by atoms with van der Waals surface area (Å²) in [4.78, 5) is 20.3. The number of aryl methyl sites for hydroxylation is 2. The van der Waals surface area contributed by atoms with Crippen molar-refractivity contribution >= 4 is 17.2 Å². The summed E-state index contributed by atoms with van der Waals surface area (Å²) in [5.41, 5.74) is 0.398. The molecule has 0 fully saturated rings. The number of nitrogens with one attached hydrogen (secondary N) is 1.